The molecule has 0 radical (unpaired) electrons. The average molecular weight is 1980 g/mol. The summed E-state index contributed by atoms with van der Waals surface area (Å²) in [6, 6.07) is 0. The van der Waals surface area contributed by atoms with Crippen molar-refractivity contribution in [2.75, 3.05) is 57.3 Å². The number of nitrogens with zero attached hydrogens (tertiary/aromatic N) is 12. The Kier molecular flexibility index (Phi) is 29.1. The van der Waals surface area contributed by atoms with Crippen molar-refractivity contribution in [3.8, 4) is 0 Å². The number of imidazole rings is 2. The summed E-state index contributed by atoms with van der Waals surface area (Å²) in [7, 11) is 1.11. The van der Waals surface area contributed by atoms with E-state index < -0.39 is 229 Å². The highest BCUT2D eigenvalue weighted by Crippen LogP contribution is 2.58. The van der Waals surface area contributed by atoms with Gasteiger partial charge < -0.3 is 129 Å². The number of aryl methyl sites for hydroxylation is 4. The largest absolute Gasteiger partial charge is 0.383 e. The molecule has 8 aromatic rings. The summed E-state index contributed by atoms with van der Waals surface area (Å²) in [6.45, 7) is -22.6. The molecule has 0 bridgehead atoms. The fourth-order valence-electron chi connectivity index (χ4n) is 14.5. The molecule has 6 unspecified atom stereocenters. The van der Waals surface area contributed by atoms with Crippen molar-refractivity contribution in [3.63, 3.8) is 0 Å². The molecule has 684 valence electrons. The quantitative estimate of drug-likeness (QED) is 0.0238. The summed E-state index contributed by atoms with van der Waals surface area (Å²) < 4.78 is 116. The van der Waals surface area contributed by atoms with Crippen molar-refractivity contribution in [1.82, 2.24) is 77.2 Å². The molecule has 6 fully saturated rings. The van der Waals surface area contributed by atoms with Crippen LogP contribution in [0.1, 0.15) is 111 Å². The fourth-order valence-corrected chi connectivity index (χ4v) is 22.8. The second-order valence-corrected chi connectivity index (χ2v) is 46.1. The summed E-state index contributed by atoms with van der Waals surface area (Å²) in [5.41, 5.74) is 12.8. The van der Waals surface area contributed by atoms with Gasteiger partial charge in [-0.3, -0.25) is 66.5 Å². The molecule has 14 heterocycles. The molecular weight excluding hydrogens is 1900 g/mol. The van der Waals surface area contributed by atoms with Crippen LogP contribution in [0, 0.1) is 27.7 Å². The van der Waals surface area contributed by atoms with E-state index in [-0.39, 0.29) is 95.1 Å². The SMILES string of the molecule is CC[C@H]1O[C@@H](n2cc(C)c(=O)[nH]c2=O)C[C@H]1OP(O)(=S)OC[C@H]1O[C@@H](n2cnc3c(=O)[nH]c(N)nc32)C[C@H]1OP(O)(=S)OC[C@H]1O[C@@H](n2cc(C)c(=O)[nH]c2=O)C[C@H]1OP(O)(=S)OC[C@H]1O[C@@H](n2cnc3c(N)ncnc32)C[C@H]1OP(O)(=S)OC[C@H]1O[C@@H](n2cc(C)c(=O)[nH]c2=O)C[C@H]1OP(O)(=S)OC[C@H]1O[C@@H](n2cc(C)c(N)nc2=O)C[C@H]1OP(O)(=S)OC. The van der Waals surface area contributed by atoms with E-state index in [1.165, 1.54) is 78.2 Å². The minimum absolute atomic E-state index is 0.00642. The van der Waals surface area contributed by atoms with Crippen molar-refractivity contribution >= 4 is 151 Å². The molecule has 125 heavy (non-hydrogen) atoms. The van der Waals surface area contributed by atoms with Gasteiger partial charge in [0.15, 0.2) is 22.6 Å². The number of nitrogens with two attached hydrogens (primary N) is 3. The lowest BCUT2D eigenvalue weighted by atomic mass is 10.1. The number of rotatable bonds is 35. The number of nitrogens with one attached hydrogen (secondary N) is 4. The van der Waals surface area contributed by atoms with Crippen molar-refractivity contribution < 1.29 is 112 Å². The van der Waals surface area contributed by atoms with Crippen LogP contribution in [0.5, 0.6) is 0 Å². The van der Waals surface area contributed by atoms with Crippen LogP contribution in [-0.2, 0) is 154 Å². The number of nitrogen functional groups attached to an aromatic ring is 3. The lowest BCUT2D eigenvalue weighted by Gasteiger charge is -2.28. The van der Waals surface area contributed by atoms with Gasteiger partial charge in [0.25, 0.3) is 22.2 Å². The van der Waals surface area contributed by atoms with Crippen LogP contribution in [-0.4, -0.2) is 220 Å². The molecular formula is C62H83N19O32P6S6. The van der Waals surface area contributed by atoms with Crippen LogP contribution in [0.2, 0.25) is 0 Å². The monoisotopic (exact) mass is 1980 g/mol. The maximum atomic E-state index is 13.5. The lowest BCUT2D eigenvalue weighted by Crippen LogP contribution is -2.33. The number of hydrogen-bond donors (Lipinski definition) is 13. The second kappa shape index (κ2) is 38.2. The van der Waals surface area contributed by atoms with E-state index in [4.69, 9.17) is 171 Å². The Morgan fingerprint density at radius 3 is 1.06 bits per heavy atom. The van der Waals surface area contributed by atoms with Crippen molar-refractivity contribution in [1.29, 1.82) is 0 Å². The molecule has 0 aromatic carbocycles. The highest BCUT2D eigenvalue weighted by Gasteiger charge is 2.50. The highest BCUT2D eigenvalue weighted by atomic mass is 32.5. The van der Waals surface area contributed by atoms with Gasteiger partial charge in [-0.2, -0.15) is 9.97 Å². The Morgan fingerprint density at radius 2 is 0.704 bits per heavy atom. The predicted molar refractivity (Wildman–Crippen MR) is 455 cm³/mol. The smallest absolute Gasteiger partial charge is 0.351 e. The van der Waals surface area contributed by atoms with E-state index in [1.54, 1.807) is 13.8 Å². The van der Waals surface area contributed by atoms with Crippen molar-refractivity contribution in [3.05, 3.63) is 149 Å². The molecule has 6 saturated heterocycles. The molecule has 16 N–H and O–H groups in total. The first-order valence-electron chi connectivity index (χ1n) is 37.6. The van der Waals surface area contributed by atoms with E-state index in [9.17, 15) is 67.7 Å². The Bertz CT molecular complexity index is 6260. The average Bonchev–Trinajstić information content (AvgIpc) is 1.62. The van der Waals surface area contributed by atoms with Gasteiger partial charge in [-0.25, -0.2) is 39.1 Å². The molecule has 24 atom stereocenters. The van der Waals surface area contributed by atoms with Gasteiger partial charge in [0.05, 0.1) is 88.4 Å². The number of anilines is 3. The molecule has 0 spiro atoms. The third-order valence-corrected chi connectivity index (χ3v) is 30.3. The number of aromatic nitrogens is 16. The number of H-pyrrole nitrogens is 4. The maximum Gasteiger partial charge on any atom is 0.351 e. The van der Waals surface area contributed by atoms with Gasteiger partial charge in [-0.05, 0) is 105 Å². The van der Waals surface area contributed by atoms with E-state index in [0.29, 0.717) is 12.0 Å². The van der Waals surface area contributed by atoms with Gasteiger partial charge in [0.2, 0.25) is 5.95 Å². The fraction of sp³-hybridized carbons (Fsp3) is 0.581. The molecule has 6 aliphatic heterocycles. The molecule has 14 rings (SSSR count). The van der Waals surface area contributed by atoms with Crippen LogP contribution in [0.15, 0.2) is 82.1 Å². The Labute approximate surface area is 732 Å². The van der Waals surface area contributed by atoms with Gasteiger partial charge in [0.1, 0.15) is 85.5 Å². The van der Waals surface area contributed by atoms with Crippen LogP contribution in [0.4, 0.5) is 17.6 Å². The Balaban J connectivity index is 0.675. The van der Waals surface area contributed by atoms with Crippen molar-refractivity contribution in [2.24, 2.45) is 0 Å². The molecule has 51 nitrogen and oxygen atoms in total. The van der Waals surface area contributed by atoms with Crippen molar-refractivity contribution in [2.45, 2.75) is 190 Å². The van der Waals surface area contributed by atoms with Crippen LogP contribution in [0.3, 0.4) is 0 Å². The molecule has 0 amide bonds. The van der Waals surface area contributed by atoms with Gasteiger partial charge >= 0.3 is 63.1 Å². The molecule has 0 saturated carbocycles. The van der Waals surface area contributed by atoms with Gasteiger partial charge in [-0.15, -0.1) is 0 Å². The zero-order chi connectivity index (χ0) is 90.1. The van der Waals surface area contributed by atoms with E-state index in [2.05, 4.69) is 49.8 Å². The summed E-state index contributed by atoms with van der Waals surface area (Å²) in [5.74, 6) is -0.320. The zero-order valence-electron chi connectivity index (χ0n) is 65.9. The highest BCUT2D eigenvalue weighted by molar-refractivity contribution is 8.08. The summed E-state index contributed by atoms with van der Waals surface area (Å²) in [6.07, 6.45) is -14.5. The Hall–Kier alpha value is -5.84. The first-order chi connectivity index (χ1) is 58.8. The summed E-state index contributed by atoms with van der Waals surface area (Å²) in [5, 5.41) is 0. The predicted octanol–water partition coefficient (Wildman–Crippen LogP) is 0.324. The standard InChI is InChI=1S/C62H83N19O32P6S6/c1-7-30-31(8-42(102-30)77-15-27(3)54(82)73-60(77)87)109-115(91,121)97-22-41-36(13-47(107-41)81-25-69-49-53(81)71-58(65)72-57(49)85)113-119(95,125)100-20-39-34(11-45(105-39)79-17-29(5)56(84)75-62(79)89)111-117(93,123)101-21-40-35(12-46(106-40)80-24-68-48-51(64)66-23-67-52(48)80)112-118(94,124)99-19-38-33(10-44(104-38)78-16-28(4)55(83)74-61(78)88)110-116(92,122)98-18-37-32(108-114(90,120)96-6)9-43(103-37)76-14-26(2)50(63)70-59(76)86/h14-17,23-25,30-47H,7-13,18-22H2,1-6H3,(H,90,120)(H,91,121)(H,92,122)(H,93,123)(H,94,124)(H,95,125)(H2,63,70,86)(H2,64,66,67)(H,73,82,87)(H,74,83,88)(H,75,84,89)(H3,65,71,72,85)/t30-,31-,32-,33-,34-,35-,36-,37-,38-,39-,40-,41-,42-,43-,44-,45-,46-,47-,114?,115?,116?,117?,118?,119?/m1/s1. The third kappa shape index (κ3) is 22.3. The molecule has 0 aliphatic carbocycles. The minimum atomic E-state index is -4.69. The molecule has 6 aliphatic rings. The van der Waals surface area contributed by atoms with Crippen LogP contribution < -0.4 is 62.2 Å². The minimum Gasteiger partial charge on any atom is -0.383 e. The topological polar surface area (TPSA) is 672 Å². The lowest BCUT2D eigenvalue weighted by molar-refractivity contribution is -0.0569. The molecule has 63 heteroatoms. The van der Waals surface area contributed by atoms with Gasteiger partial charge in [-0.1, -0.05) is 6.92 Å². The first kappa shape index (κ1) is 95.3. The number of fused-ring (bicyclic) bond motifs is 2. The normalized spacial score (nSPS) is 29.4. The number of aromatic amines is 4. The van der Waals surface area contributed by atoms with Gasteiger partial charge in [0, 0.05) is 92.7 Å². The first-order valence-corrected chi connectivity index (χ1v) is 53.1. The zero-order valence-corrected chi connectivity index (χ0v) is 76.2. The number of ether oxygens (including phenoxy) is 6. The van der Waals surface area contributed by atoms with E-state index >= 15 is 0 Å². The Morgan fingerprint density at radius 1 is 0.392 bits per heavy atom. The third-order valence-electron chi connectivity index (χ3n) is 20.6. The van der Waals surface area contributed by atoms with Crippen LogP contribution in [0.25, 0.3) is 22.3 Å². The molecule has 8 aromatic heterocycles. The van der Waals surface area contributed by atoms with E-state index in [1.807, 2.05) is 0 Å². The number of hydrogen-bond acceptors (Lipinski definition) is 41. The van der Waals surface area contributed by atoms with Crippen LogP contribution >= 0.6 is 40.3 Å². The van der Waals surface area contributed by atoms with E-state index in [0.717, 1.165) is 20.8 Å². The second-order valence-electron chi connectivity index (χ2n) is 29.2. The summed E-state index contributed by atoms with van der Waals surface area (Å²) in [4.78, 5) is 208. The maximum absolute atomic E-state index is 13.5. The summed E-state index contributed by atoms with van der Waals surface area (Å²) >= 11 is 33.1.